The first-order chi connectivity index (χ1) is 28.1. The van der Waals surface area contributed by atoms with Gasteiger partial charge in [0.2, 0.25) is 0 Å². The molecule has 17 heteroatoms. The van der Waals surface area contributed by atoms with Gasteiger partial charge in [-0.1, -0.05) is 66.4 Å². The third-order valence-corrected chi connectivity index (χ3v) is 13.0. The van der Waals surface area contributed by atoms with Crippen LogP contribution >= 0.6 is 44.4 Å². The van der Waals surface area contributed by atoms with Gasteiger partial charge in [0.25, 0.3) is 0 Å². The molecule has 1 spiro atoms. The molecule has 0 radical (unpaired) electrons. The van der Waals surface area contributed by atoms with Crippen LogP contribution in [0.15, 0.2) is 107 Å². The third kappa shape index (κ3) is 11.1. The number of piperidine rings is 1. The average Bonchev–Trinajstić information content (AvgIpc) is 3.56. The summed E-state index contributed by atoms with van der Waals surface area (Å²) >= 11 is 1.87. The first-order valence-corrected chi connectivity index (χ1v) is 22.1. The number of halogens is 2. The lowest BCUT2D eigenvalue weighted by molar-refractivity contribution is -0.0453. The van der Waals surface area contributed by atoms with E-state index in [0.717, 1.165) is 43.0 Å². The molecule has 3 aliphatic heterocycles. The van der Waals surface area contributed by atoms with Crippen molar-refractivity contribution >= 4 is 55.8 Å². The van der Waals surface area contributed by atoms with E-state index in [1.807, 2.05) is 23.9 Å². The van der Waals surface area contributed by atoms with Crippen molar-refractivity contribution in [2.75, 3.05) is 59.8 Å². The Labute approximate surface area is 375 Å². The van der Waals surface area contributed by atoms with Gasteiger partial charge < -0.3 is 59.5 Å². The van der Waals surface area contributed by atoms with Crippen molar-refractivity contribution in [3.63, 3.8) is 0 Å². The van der Waals surface area contributed by atoms with Crippen LogP contribution in [0.2, 0.25) is 0 Å². The van der Waals surface area contributed by atoms with Crippen LogP contribution in [0.5, 0.6) is 17.2 Å². The first kappa shape index (κ1) is 50.3. The molecule has 2 bridgehead atoms. The quantitative estimate of drug-likeness (QED) is 0.0812. The number of nitrogens with one attached hydrogen (secondary N) is 1. The number of phosphoric acid groups is 1. The lowest BCUT2D eigenvalue weighted by Gasteiger charge is -2.56. The summed E-state index contributed by atoms with van der Waals surface area (Å²) in [4.78, 5) is 31.4. The average molecular weight is 922 g/mol. The Kier molecular flexibility index (Phi) is 17.6. The smallest absolute Gasteiger partial charge is 0.466 e. The maximum absolute atomic E-state index is 10.6. The molecule has 1 unspecified atom stereocenters. The molecule has 0 saturated carbocycles. The fourth-order valence-electron chi connectivity index (χ4n) is 8.84. The number of hydrogen-bond acceptors (Lipinski definition) is 11. The van der Waals surface area contributed by atoms with Crippen molar-refractivity contribution in [2.24, 2.45) is 5.92 Å². The van der Waals surface area contributed by atoms with Crippen LogP contribution < -0.4 is 19.7 Å². The van der Waals surface area contributed by atoms with E-state index in [1.165, 1.54) is 32.3 Å². The largest absolute Gasteiger partial charge is 0.508 e. The van der Waals surface area contributed by atoms with Gasteiger partial charge in [-0.3, -0.25) is 0 Å². The molecule has 1 saturated heterocycles. The minimum absolute atomic E-state index is 0. The molecular weight excluding hydrogens is 862 g/mol. The first-order valence-electron chi connectivity index (χ1n) is 19.7. The van der Waals surface area contributed by atoms with E-state index in [4.69, 9.17) is 33.8 Å². The zero-order valence-corrected chi connectivity index (χ0v) is 38.5. The molecule has 9 rings (SSSR count). The molecule has 7 atom stereocenters. The zero-order valence-electron chi connectivity index (χ0n) is 35.2. The van der Waals surface area contributed by atoms with E-state index < -0.39 is 20.0 Å². The van der Waals surface area contributed by atoms with Crippen molar-refractivity contribution in [3.8, 4) is 17.2 Å². The van der Waals surface area contributed by atoms with Gasteiger partial charge in [-0.25, -0.2) is 4.57 Å². The Morgan fingerprint density at radius 2 is 1.61 bits per heavy atom. The lowest BCUT2D eigenvalue weighted by atomic mass is 9.53. The maximum atomic E-state index is 10.6. The summed E-state index contributed by atoms with van der Waals surface area (Å²) in [6.45, 7) is 4.82. The fraction of sp³-hybridized carbons (Fsp3) is 0.409. The summed E-state index contributed by atoms with van der Waals surface area (Å²) in [6.07, 6.45) is 4.98. The van der Waals surface area contributed by atoms with Crippen LogP contribution in [0.3, 0.4) is 0 Å². The highest BCUT2D eigenvalue weighted by Crippen LogP contribution is 2.62. The third-order valence-electron chi connectivity index (χ3n) is 11.9. The second-order valence-corrected chi connectivity index (χ2v) is 17.9. The van der Waals surface area contributed by atoms with Gasteiger partial charge in [-0.05, 0) is 108 Å². The van der Waals surface area contributed by atoms with Crippen LogP contribution in [0.25, 0.3) is 0 Å². The van der Waals surface area contributed by atoms with Crippen LogP contribution in [-0.2, 0) is 16.4 Å². The fourth-order valence-corrected chi connectivity index (χ4v) is 9.93. The van der Waals surface area contributed by atoms with E-state index >= 15 is 0 Å². The molecule has 7 N–H and O–H groups in total. The molecule has 5 aliphatic rings. The molecule has 4 aromatic carbocycles. The van der Waals surface area contributed by atoms with Crippen molar-refractivity contribution in [1.82, 2.24) is 15.1 Å². The minimum Gasteiger partial charge on any atom is -0.508 e. The number of aliphatic hydroxyl groups is 2. The summed E-state index contributed by atoms with van der Waals surface area (Å²) < 4.78 is 20.7. The van der Waals surface area contributed by atoms with Gasteiger partial charge in [-0.15, -0.1) is 24.8 Å². The van der Waals surface area contributed by atoms with E-state index in [9.17, 15) is 10.2 Å². The van der Waals surface area contributed by atoms with Crippen LogP contribution in [0.1, 0.15) is 36.1 Å². The standard InChI is InChI=1S/C18H21NO3.C17H20N2S.C9H13NO2.2ClH.H3O4P/c1-19-8-7-18-11-4-5-13(20)17(18)22-16-14(21-2)6-3-10(15(16)18)9-12(11)19;1-13(18(2)3)12-19-14-8-4-6-10-16(14)20-17-11-7-5-9-15(17)19;1-10-6-9(12)7-3-2-4-8(11)5-7;;;1-5(2,3)4/h3-6,11-13,17,20H,7-9H2,1-2H3;4-11,13H,12H2,1-3H3;2-5,9-12H,6H2,1H3;2*1H;(H3,1,2,3,4)/t11-,12+,13-,17-,18-;;9-;;;/m0.1.../s1. The number of benzene rings is 4. The van der Waals surface area contributed by atoms with Crippen molar-refractivity contribution in [3.05, 3.63) is 114 Å². The molecule has 3 heterocycles. The van der Waals surface area contributed by atoms with E-state index in [2.05, 4.69) is 109 Å². The Hall–Kier alpha value is -3.34. The number of para-hydroxylation sites is 2. The number of hydrogen-bond donors (Lipinski definition) is 7. The molecule has 1 fully saturated rings. The predicted molar refractivity (Wildman–Crippen MR) is 245 cm³/mol. The van der Waals surface area contributed by atoms with Crippen molar-refractivity contribution < 1.29 is 44.0 Å². The number of aliphatic hydroxyl groups excluding tert-OH is 2. The van der Waals surface area contributed by atoms with E-state index in [1.54, 1.807) is 38.4 Å². The van der Waals surface area contributed by atoms with Crippen LogP contribution in [-0.4, -0.2) is 119 Å². The topological polar surface area (TPSA) is 179 Å². The predicted octanol–water partition coefficient (Wildman–Crippen LogP) is 6.30. The second kappa shape index (κ2) is 21.4. The van der Waals surface area contributed by atoms with Gasteiger partial charge in [0.05, 0.1) is 24.6 Å². The van der Waals surface area contributed by atoms with Crippen molar-refractivity contribution in [1.29, 1.82) is 0 Å². The molecular formula is C44H59Cl2N4O9PS. The summed E-state index contributed by atoms with van der Waals surface area (Å²) in [6, 6.07) is 29.2. The van der Waals surface area contributed by atoms with Gasteiger partial charge in [0.15, 0.2) is 11.5 Å². The Bertz CT molecular complexity index is 2110. The molecule has 2 aliphatic carbocycles. The molecule has 334 valence electrons. The number of ether oxygens (including phenoxy) is 2. The monoisotopic (exact) mass is 920 g/mol. The highest BCUT2D eigenvalue weighted by atomic mass is 35.5. The van der Waals surface area contributed by atoms with Gasteiger partial charge >= 0.3 is 7.82 Å². The summed E-state index contributed by atoms with van der Waals surface area (Å²) in [5, 5.41) is 32.0. The van der Waals surface area contributed by atoms with Crippen molar-refractivity contribution in [2.45, 2.75) is 65.4 Å². The molecule has 4 aromatic rings. The summed E-state index contributed by atoms with van der Waals surface area (Å²) in [5.74, 6) is 2.27. The number of fused-ring (bicyclic) bond motifs is 2. The highest BCUT2D eigenvalue weighted by molar-refractivity contribution is 7.99. The Morgan fingerprint density at radius 3 is 2.18 bits per heavy atom. The normalized spacial score (nSPS) is 23.2. The highest BCUT2D eigenvalue weighted by Gasteiger charge is 2.64. The van der Waals surface area contributed by atoms with Gasteiger partial charge in [0.1, 0.15) is 18.0 Å². The number of phenols is 1. The molecule has 0 amide bonds. The SMILES string of the molecule is CC(CN1c2ccccc2Sc2ccccc21)N(C)C.CNC[C@@H](O)c1cccc(O)c1.COc1ccc2c3c1O[C@H]1[C@@H](O)C=C[C@H]4[C@@H](C2)N(C)CC[C@@]341.Cl.Cl.O=P(O)(O)O. The summed E-state index contributed by atoms with van der Waals surface area (Å²) in [7, 11) is 5.32. The van der Waals surface area contributed by atoms with Crippen LogP contribution in [0.4, 0.5) is 11.4 Å². The number of phenolic OH excluding ortho intramolecular Hbond substituents is 1. The number of likely N-dealkylation sites (N-methyl/N-ethyl adjacent to an activating group) is 3. The van der Waals surface area contributed by atoms with E-state index in [-0.39, 0.29) is 42.1 Å². The number of likely N-dealkylation sites (tertiary alicyclic amines) is 1. The number of nitrogens with zero attached hydrogens (tertiary/aromatic N) is 3. The number of methoxy groups -OCH3 is 1. The molecule has 13 nitrogen and oxygen atoms in total. The number of aromatic hydroxyl groups is 1. The van der Waals surface area contributed by atoms with E-state index in [0.29, 0.717) is 24.5 Å². The zero-order chi connectivity index (χ0) is 42.6. The lowest BCUT2D eigenvalue weighted by Crippen LogP contribution is -2.64. The Balaban J connectivity index is 0.000000195. The minimum atomic E-state index is -4.64. The molecule has 0 aromatic heterocycles. The van der Waals surface area contributed by atoms with Gasteiger partial charge in [-0.2, -0.15) is 0 Å². The second-order valence-electron chi connectivity index (χ2n) is 15.8. The summed E-state index contributed by atoms with van der Waals surface area (Å²) in [5.41, 5.74) is 5.98. The van der Waals surface area contributed by atoms with Gasteiger partial charge in [0, 0.05) is 51.9 Å². The molecule has 61 heavy (non-hydrogen) atoms. The Morgan fingerprint density at radius 1 is 0.984 bits per heavy atom. The maximum Gasteiger partial charge on any atom is 0.466 e. The van der Waals surface area contributed by atoms with Crippen LogP contribution in [0, 0.1) is 5.92 Å². The number of anilines is 2. The number of rotatable bonds is 7.